The third-order valence-corrected chi connectivity index (χ3v) is 4.39. The van der Waals surface area contributed by atoms with Crippen LogP contribution >= 0.6 is 0 Å². The molecule has 2 amide bonds. The molecule has 0 unspecified atom stereocenters. The summed E-state index contributed by atoms with van der Waals surface area (Å²) in [6, 6.07) is 21.6. The van der Waals surface area contributed by atoms with Gasteiger partial charge >= 0.3 is 5.91 Å². The number of carbonyl (C=O) groups is 2. The number of ether oxygens (including phenoxy) is 2. The van der Waals surface area contributed by atoms with Gasteiger partial charge in [0.05, 0.1) is 11.4 Å². The minimum absolute atomic E-state index is 0.114. The number of rotatable bonds is 9. The third-order valence-electron chi connectivity index (χ3n) is 4.39. The molecule has 0 heterocycles. The Bertz CT molecular complexity index is 1100. The van der Waals surface area contributed by atoms with Crippen molar-refractivity contribution in [2.24, 2.45) is 10.2 Å². The molecule has 0 saturated heterocycles. The van der Waals surface area contributed by atoms with E-state index in [9.17, 15) is 9.59 Å². The minimum atomic E-state index is -0.489. The topological polar surface area (TPSA) is 101 Å². The Labute approximate surface area is 186 Å². The number of carbonyl (C=O) groups excluding carboxylic acids is 2. The largest absolute Gasteiger partial charge is 0.483 e. The van der Waals surface area contributed by atoms with Crippen molar-refractivity contribution in [2.75, 3.05) is 18.6 Å². The third kappa shape index (κ3) is 6.94. The van der Waals surface area contributed by atoms with E-state index in [1.54, 1.807) is 30.3 Å². The summed E-state index contributed by atoms with van der Waals surface area (Å²) in [5.74, 6) is 0.488. The Morgan fingerprint density at radius 1 is 0.781 bits per heavy atom. The summed E-state index contributed by atoms with van der Waals surface area (Å²) >= 11 is 0. The molecule has 0 radical (unpaired) electrons. The van der Waals surface area contributed by atoms with Crippen LogP contribution in [0, 0.1) is 13.8 Å². The summed E-state index contributed by atoms with van der Waals surface area (Å²) in [6.45, 7) is 3.51. The molecule has 8 heteroatoms. The number of nitrogens with zero attached hydrogens (tertiary/aromatic N) is 2. The van der Waals surface area contributed by atoms with Gasteiger partial charge in [-0.1, -0.05) is 36.4 Å². The van der Waals surface area contributed by atoms with Crippen LogP contribution in [-0.4, -0.2) is 25.0 Å². The Kier molecular flexibility index (Phi) is 7.91. The number of azo groups is 1. The average molecular weight is 432 g/mol. The zero-order chi connectivity index (χ0) is 22.8. The molecule has 3 aromatic rings. The van der Waals surface area contributed by atoms with Gasteiger partial charge in [0.25, 0.3) is 5.91 Å². The molecule has 0 aliphatic rings. The lowest BCUT2D eigenvalue weighted by Crippen LogP contribution is -2.33. The van der Waals surface area contributed by atoms with Crippen molar-refractivity contribution in [3.8, 4) is 11.5 Å². The lowest BCUT2D eigenvalue weighted by molar-refractivity contribution is -0.122. The van der Waals surface area contributed by atoms with Gasteiger partial charge in [0.2, 0.25) is 0 Å². The van der Waals surface area contributed by atoms with Gasteiger partial charge in [0.1, 0.15) is 11.5 Å². The van der Waals surface area contributed by atoms with E-state index in [-0.39, 0.29) is 19.1 Å². The quantitative estimate of drug-likeness (QED) is 0.383. The molecule has 0 aliphatic carbocycles. The van der Waals surface area contributed by atoms with Crippen LogP contribution < -0.4 is 20.3 Å². The summed E-state index contributed by atoms with van der Waals surface area (Å²) in [6.07, 6.45) is 0. The fourth-order valence-corrected chi connectivity index (χ4v) is 2.65. The molecule has 164 valence electrons. The maximum Gasteiger partial charge on any atom is 0.302 e. The Morgan fingerprint density at radius 2 is 1.34 bits per heavy atom. The number of benzene rings is 3. The standard InChI is InChI=1S/C24H24N4O4/c1-17-7-3-5-9-21(17)31-15-23(29)27-25-19-11-13-20(14-12-19)26-28-24(30)16-32-22-10-6-4-8-18(22)2/h3-14,25H,15-16H2,1-2H3,(H,27,29). The highest BCUT2D eigenvalue weighted by atomic mass is 16.5. The predicted molar refractivity (Wildman–Crippen MR) is 121 cm³/mol. The molecule has 2 N–H and O–H groups in total. The van der Waals surface area contributed by atoms with E-state index in [4.69, 9.17) is 9.47 Å². The van der Waals surface area contributed by atoms with Crippen LogP contribution in [-0.2, 0) is 9.59 Å². The zero-order valence-electron chi connectivity index (χ0n) is 17.9. The van der Waals surface area contributed by atoms with Gasteiger partial charge in [-0.25, -0.2) is 0 Å². The molecule has 0 atom stereocenters. The van der Waals surface area contributed by atoms with Crippen LogP contribution in [0.4, 0.5) is 11.4 Å². The van der Waals surface area contributed by atoms with Crippen molar-refractivity contribution in [3.05, 3.63) is 83.9 Å². The number of para-hydroxylation sites is 2. The fraction of sp³-hybridized carbons (Fsp3) is 0.167. The van der Waals surface area contributed by atoms with Crippen molar-refractivity contribution in [3.63, 3.8) is 0 Å². The Balaban J connectivity index is 1.41. The summed E-state index contributed by atoms with van der Waals surface area (Å²) in [5, 5.41) is 7.57. The predicted octanol–water partition coefficient (Wildman–Crippen LogP) is 4.51. The summed E-state index contributed by atoms with van der Waals surface area (Å²) < 4.78 is 10.9. The van der Waals surface area contributed by atoms with Gasteiger partial charge in [-0.2, -0.15) is 0 Å². The maximum atomic E-state index is 11.9. The van der Waals surface area contributed by atoms with Gasteiger partial charge in [-0.3, -0.25) is 20.4 Å². The lowest BCUT2D eigenvalue weighted by atomic mass is 10.2. The molecular formula is C24H24N4O4. The first-order chi connectivity index (χ1) is 15.5. The van der Waals surface area contributed by atoms with Gasteiger partial charge in [-0.05, 0) is 61.4 Å². The number of hydrazine groups is 1. The number of hydrogen-bond donors (Lipinski definition) is 2. The molecule has 8 nitrogen and oxygen atoms in total. The molecule has 3 aromatic carbocycles. The maximum absolute atomic E-state index is 11.9. The second kappa shape index (κ2) is 11.3. The summed E-state index contributed by atoms with van der Waals surface area (Å²) in [7, 11) is 0. The summed E-state index contributed by atoms with van der Waals surface area (Å²) in [5.41, 5.74) is 8.38. The monoisotopic (exact) mass is 432 g/mol. The molecule has 0 bridgehead atoms. The number of anilines is 1. The van der Waals surface area contributed by atoms with E-state index in [0.717, 1.165) is 11.1 Å². The van der Waals surface area contributed by atoms with E-state index in [0.29, 0.717) is 22.9 Å². The molecule has 32 heavy (non-hydrogen) atoms. The SMILES string of the molecule is Cc1ccccc1OCC(=O)N=Nc1ccc(NNC(=O)COc2ccccc2C)cc1. The van der Waals surface area contributed by atoms with E-state index >= 15 is 0 Å². The van der Waals surface area contributed by atoms with E-state index in [1.807, 2.05) is 56.3 Å². The molecule has 0 aliphatic heterocycles. The second-order valence-corrected chi connectivity index (χ2v) is 6.92. The average Bonchev–Trinajstić information content (AvgIpc) is 2.81. The Morgan fingerprint density at radius 3 is 1.94 bits per heavy atom. The van der Waals surface area contributed by atoms with Crippen LogP contribution in [0.5, 0.6) is 11.5 Å². The lowest BCUT2D eigenvalue weighted by Gasteiger charge is -2.11. The molecule has 0 fully saturated rings. The van der Waals surface area contributed by atoms with Crippen molar-refractivity contribution in [1.82, 2.24) is 5.43 Å². The Hall–Kier alpha value is -4.20. The first-order valence-electron chi connectivity index (χ1n) is 9.97. The van der Waals surface area contributed by atoms with Crippen molar-refractivity contribution in [1.29, 1.82) is 0 Å². The molecule has 0 spiro atoms. The number of amides is 2. The van der Waals surface area contributed by atoms with E-state index < -0.39 is 5.91 Å². The highest BCUT2D eigenvalue weighted by Gasteiger charge is 2.05. The van der Waals surface area contributed by atoms with Crippen LogP contribution in [0.3, 0.4) is 0 Å². The zero-order valence-corrected chi connectivity index (χ0v) is 17.9. The van der Waals surface area contributed by atoms with E-state index in [2.05, 4.69) is 21.1 Å². The number of nitrogens with one attached hydrogen (secondary N) is 2. The molecule has 3 rings (SSSR count). The normalized spacial score (nSPS) is 10.6. The van der Waals surface area contributed by atoms with E-state index in [1.165, 1.54) is 0 Å². The molecule has 0 aromatic heterocycles. The van der Waals surface area contributed by atoms with Crippen molar-refractivity contribution in [2.45, 2.75) is 13.8 Å². The van der Waals surface area contributed by atoms with Gasteiger partial charge in [-0.15, -0.1) is 10.2 Å². The summed E-state index contributed by atoms with van der Waals surface area (Å²) in [4.78, 5) is 23.8. The second-order valence-electron chi connectivity index (χ2n) is 6.92. The fourth-order valence-electron chi connectivity index (χ4n) is 2.65. The smallest absolute Gasteiger partial charge is 0.302 e. The van der Waals surface area contributed by atoms with Crippen LogP contribution in [0.25, 0.3) is 0 Å². The van der Waals surface area contributed by atoms with Crippen LogP contribution in [0.2, 0.25) is 0 Å². The first-order valence-corrected chi connectivity index (χ1v) is 9.97. The van der Waals surface area contributed by atoms with Crippen LogP contribution in [0.15, 0.2) is 83.0 Å². The van der Waals surface area contributed by atoms with Gasteiger partial charge < -0.3 is 9.47 Å². The van der Waals surface area contributed by atoms with Crippen LogP contribution in [0.1, 0.15) is 11.1 Å². The minimum Gasteiger partial charge on any atom is -0.483 e. The van der Waals surface area contributed by atoms with Crippen molar-refractivity contribution < 1.29 is 19.1 Å². The first kappa shape index (κ1) is 22.5. The van der Waals surface area contributed by atoms with Gasteiger partial charge in [0.15, 0.2) is 13.2 Å². The van der Waals surface area contributed by atoms with Gasteiger partial charge in [0, 0.05) is 0 Å². The van der Waals surface area contributed by atoms with Crippen molar-refractivity contribution >= 4 is 23.2 Å². The molecule has 0 saturated carbocycles. The highest BCUT2D eigenvalue weighted by Crippen LogP contribution is 2.18. The highest BCUT2D eigenvalue weighted by molar-refractivity contribution is 5.79. The number of aryl methyl sites for hydroxylation is 2. The number of hydrogen-bond acceptors (Lipinski definition) is 6. The molecular weight excluding hydrogens is 408 g/mol.